The fourth-order valence-electron chi connectivity index (χ4n) is 2.87. The largest absolute Gasteiger partial charge is 0.478 e. The number of aromatic nitrogens is 1. The molecular formula is C20H13ClN2O3S. The maximum atomic E-state index is 12.6. The molecule has 2 heterocycles. The van der Waals surface area contributed by atoms with E-state index < -0.39 is 12.0 Å². The van der Waals surface area contributed by atoms with Crippen LogP contribution in [0.1, 0.15) is 10.4 Å². The third-order valence-electron chi connectivity index (χ3n) is 4.17. The number of fused-ring (bicyclic) bond motifs is 1. The number of aromatic carboxylic acids is 1. The Morgan fingerprint density at radius 1 is 1.00 bits per heavy atom. The SMILES string of the molecule is O=C(O)c1c(-c2ccc(Cl)cc2)csc1NC(=O)n1cc2ccccc2c1. The Labute approximate surface area is 163 Å². The summed E-state index contributed by atoms with van der Waals surface area (Å²) >= 11 is 7.08. The van der Waals surface area contributed by atoms with Crippen LogP contribution in [0.25, 0.3) is 21.9 Å². The fourth-order valence-corrected chi connectivity index (χ4v) is 3.94. The Bertz CT molecular complexity index is 1130. The molecule has 0 bridgehead atoms. The summed E-state index contributed by atoms with van der Waals surface area (Å²) < 4.78 is 1.41. The van der Waals surface area contributed by atoms with Crippen LogP contribution in [0.3, 0.4) is 0 Å². The van der Waals surface area contributed by atoms with Gasteiger partial charge in [0.05, 0.1) is 0 Å². The molecule has 0 aliphatic heterocycles. The smallest absolute Gasteiger partial charge is 0.339 e. The summed E-state index contributed by atoms with van der Waals surface area (Å²) in [6.45, 7) is 0. The van der Waals surface area contributed by atoms with Crippen molar-refractivity contribution in [1.82, 2.24) is 4.57 Å². The Morgan fingerprint density at radius 3 is 2.22 bits per heavy atom. The van der Waals surface area contributed by atoms with Crippen LogP contribution in [0.5, 0.6) is 0 Å². The number of carboxylic acids is 1. The molecule has 2 N–H and O–H groups in total. The highest BCUT2D eigenvalue weighted by Gasteiger charge is 2.21. The van der Waals surface area contributed by atoms with Crippen LogP contribution in [0, 0.1) is 0 Å². The lowest BCUT2D eigenvalue weighted by atomic mass is 10.0. The van der Waals surface area contributed by atoms with E-state index in [1.807, 2.05) is 24.3 Å². The van der Waals surface area contributed by atoms with E-state index in [0.29, 0.717) is 10.6 Å². The van der Waals surface area contributed by atoms with Crippen molar-refractivity contribution in [2.75, 3.05) is 5.32 Å². The van der Waals surface area contributed by atoms with Crippen LogP contribution in [-0.2, 0) is 0 Å². The number of rotatable bonds is 3. The van der Waals surface area contributed by atoms with Crippen LogP contribution in [0.2, 0.25) is 5.02 Å². The summed E-state index contributed by atoms with van der Waals surface area (Å²) in [6.07, 6.45) is 3.41. The standard InChI is InChI=1S/C20H13ClN2O3S/c21-15-7-5-12(6-8-15)16-11-27-18(17(16)19(24)25)22-20(26)23-9-13-3-1-2-4-14(13)10-23/h1-11H,(H,22,26)(H,24,25). The molecule has 7 heteroatoms. The third kappa shape index (κ3) is 3.32. The molecule has 2 aromatic carbocycles. The number of benzene rings is 2. The van der Waals surface area contributed by atoms with Crippen molar-refractivity contribution >= 4 is 50.7 Å². The molecule has 0 saturated heterocycles. The second-order valence-electron chi connectivity index (χ2n) is 5.89. The molecule has 5 nitrogen and oxygen atoms in total. The minimum absolute atomic E-state index is 0.0624. The van der Waals surface area contributed by atoms with E-state index in [4.69, 9.17) is 11.6 Å². The molecule has 134 valence electrons. The number of hydrogen-bond donors (Lipinski definition) is 2. The molecule has 0 spiro atoms. The van der Waals surface area contributed by atoms with Crippen molar-refractivity contribution in [3.8, 4) is 11.1 Å². The first-order valence-electron chi connectivity index (χ1n) is 8.02. The van der Waals surface area contributed by atoms with E-state index in [9.17, 15) is 14.7 Å². The van der Waals surface area contributed by atoms with E-state index >= 15 is 0 Å². The average molecular weight is 397 g/mol. The summed E-state index contributed by atoms with van der Waals surface area (Å²) in [5.41, 5.74) is 1.32. The van der Waals surface area contributed by atoms with E-state index in [-0.39, 0.29) is 10.6 Å². The highest BCUT2D eigenvalue weighted by Crippen LogP contribution is 2.36. The maximum Gasteiger partial charge on any atom is 0.339 e. The van der Waals surface area contributed by atoms with E-state index in [1.54, 1.807) is 42.0 Å². The molecule has 4 aromatic rings. The molecule has 27 heavy (non-hydrogen) atoms. The highest BCUT2D eigenvalue weighted by atomic mass is 35.5. The van der Waals surface area contributed by atoms with Crippen LogP contribution in [0.15, 0.2) is 66.3 Å². The summed E-state index contributed by atoms with van der Waals surface area (Å²) in [5.74, 6) is -1.10. The topological polar surface area (TPSA) is 71.3 Å². The molecular weight excluding hydrogens is 384 g/mol. The van der Waals surface area contributed by atoms with Crippen molar-refractivity contribution < 1.29 is 14.7 Å². The lowest BCUT2D eigenvalue weighted by Crippen LogP contribution is -2.18. The van der Waals surface area contributed by atoms with Gasteiger partial charge in [-0.25, -0.2) is 9.59 Å². The number of anilines is 1. The first kappa shape index (κ1) is 17.3. The fraction of sp³-hybridized carbons (Fsp3) is 0. The third-order valence-corrected chi connectivity index (χ3v) is 5.31. The number of carbonyl (C=O) groups is 2. The van der Waals surface area contributed by atoms with Gasteiger partial charge in [0.15, 0.2) is 0 Å². The number of halogens is 1. The van der Waals surface area contributed by atoms with E-state index in [2.05, 4.69) is 5.32 Å². The normalized spacial score (nSPS) is 10.9. The number of carbonyl (C=O) groups excluding carboxylic acids is 1. The quantitative estimate of drug-likeness (QED) is 0.459. The second-order valence-corrected chi connectivity index (χ2v) is 7.21. The number of hydrogen-bond acceptors (Lipinski definition) is 3. The minimum atomic E-state index is -1.10. The monoisotopic (exact) mass is 396 g/mol. The van der Waals surface area contributed by atoms with E-state index in [0.717, 1.165) is 16.3 Å². The van der Waals surface area contributed by atoms with Gasteiger partial charge in [0.2, 0.25) is 0 Å². The van der Waals surface area contributed by atoms with Gasteiger partial charge in [0.25, 0.3) is 0 Å². The lowest BCUT2D eigenvalue weighted by Gasteiger charge is -2.06. The number of amides is 1. The summed E-state index contributed by atoms with van der Waals surface area (Å²) in [6, 6.07) is 14.1. The van der Waals surface area contributed by atoms with Gasteiger partial charge in [0.1, 0.15) is 10.6 Å². The van der Waals surface area contributed by atoms with Crippen LogP contribution in [0.4, 0.5) is 9.80 Å². The van der Waals surface area contributed by atoms with Gasteiger partial charge in [-0.3, -0.25) is 9.88 Å². The van der Waals surface area contributed by atoms with Crippen molar-refractivity contribution in [3.63, 3.8) is 0 Å². The number of nitrogens with one attached hydrogen (secondary N) is 1. The minimum Gasteiger partial charge on any atom is -0.478 e. The molecule has 0 saturated carbocycles. The average Bonchev–Trinajstić information content (AvgIpc) is 3.26. The van der Waals surface area contributed by atoms with Crippen molar-refractivity contribution in [2.24, 2.45) is 0 Å². The van der Waals surface area contributed by atoms with E-state index in [1.165, 1.54) is 15.9 Å². The Morgan fingerprint density at radius 2 is 1.63 bits per heavy atom. The molecule has 0 unspecified atom stereocenters. The first-order chi connectivity index (χ1) is 13.0. The predicted molar refractivity (Wildman–Crippen MR) is 108 cm³/mol. The predicted octanol–water partition coefficient (Wildman–Crippen LogP) is 5.80. The molecule has 1 amide bonds. The van der Waals surface area contributed by atoms with Crippen LogP contribution < -0.4 is 5.32 Å². The van der Waals surface area contributed by atoms with Gasteiger partial charge < -0.3 is 5.11 Å². The first-order valence-corrected chi connectivity index (χ1v) is 9.27. The molecule has 0 radical (unpaired) electrons. The van der Waals surface area contributed by atoms with Crippen LogP contribution >= 0.6 is 22.9 Å². The lowest BCUT2D eigenvalue weighted by molar-refractivity contribution is 0.0699. The Hall–Kier alpha value is -3.09. The van der Waals surface area contributed by atoms with Crippen molar-refractivity contribution in [2.45, 2.75) is 0 Å². The zero-order valence-corrected chi connectivity index (χ0v) is 15.4. The zero-order chi connectivity index (χ0) is 19.0. The number of carboxylic acid groups (broad SMARTS) is 1. The zero-order valence-electron chi connectivity index (χ0n) is 13.8. The van der Waals surface area contributed by atoms with Crippen molar-refractivity contribution in [3.05, 3.63) is 76.9 Å². The molecule has 0 aliphatic carbocycles. The molecule has 0 atom stereocenters. The molecule has 2 aromatic heterocycles. The maximum absolute atomic E-state index is 12.6. The van der Waals surface area contributed by atoms with Gasteiger partial charge in [-0.1, -0.05) is 48.0 Å². The summed E-state index contributed by atoms with van der Waals surface area (Å²) in [7, 11) is 0. The van der Waals surface area contributed by atoms with Gasteiger partial charge in [-0.2, -0.15) is 0 Å². The molecule has 4 rings (SSSR count). The van der Waals surface area contributed by atoms with Crippen LogP contribution in [-0.4, -0.2) is 21.7 Å². The van der Waals surface area contributed by atoms with Gasteiger partial charge in [-0.15, -0.1) is 11.3 Å². The van der Waals surface area contributed by atoms with Gasteiger partial charge in [0, 0.05) is 28.4 Å². The summed E-state index contributed by atoms with van der Waals surface area (Å²) in [4.78, 5) is 24.4. The highest BCUT2D eigenvalue weighted by molar-refractivity contribution is 7.15. The van der Waals surface area contributed by atoms with Crippen molar-refractivity contribution in [1.29, 1.82) is 0 Å². The summed E-state index contributed by atoms with van der Waals surface area (Å²) in [5, 5.41) is 16.8. The molecule has 0 aliphatic rings. The Balaban J connectivity index is 1.68. The molecule has 0 fully saturated rings. The van der Waals surface area contributed by atoms with Gasteiger partial charge >= 0.3 is 12.0 Å². The second kappa shape index (κ2) is 6.90. The van der Waals surface area contributed by atoms with Gasteiger partial charge in [-0.05, 0) is 28.5 Å². The number of nitrogens with zero attached hydrogens (tertiary/aromatic N) is 1. The number of thiophene rings is 1. The Kier molecular flexibility index (Phi) is 4.43.